The molecule has 4 aliphatic carbocycles. The minimum Gasteiger partial charge on any atom is -0.393 e. The first-order chi connectivity index (χ1) is 12.2. The van der Waals surface area contributed by atoms with Crippen molar-refractivity contribution in [3.8, 4) is 0 Å². The summed E-state index contributed by atoms with van der Waals surface area (Å²) in [5, 5.41) is 30.6. The summed E-state index contributed by atoms with van der Waals surface area (Å²) in [6.07, 6.45) is 5.47. The van der Waals surface area contributed by atoms with E-state index in [0.29, 0.717) is 12.3 Å². The van der Waals surface area contributed by atoms with Gasteiger partial charge >= 0.3 is 0 Å². The van der Waals surface area contributed by atoms with Gasteiger partial charge in [-0.15, -0.1) is 0 Å². The maximum atomic E-state index is 13.4. The Labute approximate surface area is 176 Å². The van der Waals surface area contributed by atoms with Gasteiger partial charge in [0, 0.05) is 39.5 Å². The van der Waals surface area contributed by atoms with Crippen molar-refractivity contribution < 1.29 is 46.6 Å². The third-order valence-electron chi connectivity index (χ3n) is 9.08. The van der Waals surface area contributed by atoms with Crippen LogP contribution in [0.4, 0.5) is 0 Å². The molecule has 4 saturated carbocycles. The van der Waals surface area contributed by atoms with E-state index < -0.39 is 23.4 Å². The van der Waals surface area contributed by atoms with Gasteiger partial charge in [-0.05, 0) is 68.1 Å². The number of Topliss-reactive ketones (excluding diaryl/α,β-unsaturated/α-hetero) is 2. The van der Waals surface area contributed by atoms with Gasteiger partial charge in [0.05, 0.1) is 6.10 Å². The number of carbonyl (C=O) groups excluding carboxylic acids is 2. The maximum Gasteiger partial charge on any atom is 0.190 e. The van der Waals surface area contributed by atoms with E-state index in [-0.39, 0.29) is 63.2 Å². The van der Waals surface area contributed by atoms with Gasteiger partial charge in [0.25, 0.3) is 0 Å². The van der Waals surface area contributed by atoms with Gasteiger partial charge in [-0.2, -0.15) is 0 Å². The third kappa shape index (κ3) is 2.79. The SMILES string of the molecule is C[C@]12CC[C@@H](O)C[C@H]1CC[C@@H]1[C@@H]2C(=O)C[C@@]2(C)[C@H]1CC[C@]2(O)C(=O)CO.[Ti]. The Morgan fingerprint density at radius 1 is 1.15 bits per heavy atom. The zero-order valence-corrected chi connectivity index (χ0v) is 18.0. The van der Waals surface area contributed by atoms with E-state index in [2.05, 4.69) is 6.92 Å². The predicted octanol–water partition coefficient (Wildman–Crippen LogP) is 1.86. The van der Waals surface area contributed by atoms with E-state index in [1.807, 2.05) is 6.92 Å². The minimum absolute atomic E-state index is 0. The van der Waals surface area contributed by atoms with Crippen molar-refractivity contribution in [2.24, 2.45) is 34.5 Å². The number of fused-ring (bicyclic) bond motifs is 5. The molecule has 0 aromatic carbocycles. The Bertz CT molecular complexity index is 638. The quantitative estimate of drug-likeness (QED) is 0.602. The van der Waals surface area contributed by atoms with Gasteiger partial charge in [0.15, 0.2) is 5.78 Å². The Kier molecular flexibility index (Phi) is 5.62. The summed E-state index contributed by atoms with van der Waals surface area (Å²) in [4.78, 5) is 25.7. The molecule has 3 N–H and O–H groups in total. The molecule has 27 heavy (non-hydrogen) atoms. The van der Waals surface area contributed by atoms with Crippen molar-refractivity contribution in [2.75, 3.05) is 6.61 Å². The predicted molar refractivity (Wildman–Crippen MR) is 95.2 cm³/mol. The molecule has 0 radical (unpaired) electrons. The fourth-order valence-corrected chi connectivity index (χ4v) is 7.64. The van der Waals surface area contributed by atoms with Crippen LogP contribution in [0.3, 0.4) is 0 Å². The van der Waals surface area contributed by atoms with Crippen molar-refractivity contribution in [1.29, 1.82) is 0 Å². The topological polar surface area (TPSA) is 94.8 Å². The first-order valence-corrected chi connectivity index (χ1v) is 10.2. The summed E-state index contributed by atoms with van der Waals surface area (Å²) in [5.41, 5.74) is -2.40. The molecule has 0 unspecified atom stereocenters. The van der Waals surface area contributed by atoms with E-state index in [0.717, 1.165) is 38.5 Å². The summed E-state index contributed by atoms with van der Waals surface area (Å²) in [5.74, 6) is 0.380. The second-order valence-corrected chi connectivity index (χ2v) is 10.00. The van der Waals surface area contributed by atoms with Crippen molar-refractivity contribution >= 4 is 11.6 Å². The van der Waals surface area contributed by atoms with Crippen LogP contribution in [-0.2, 0) is 31.3 Å². The molecular weight excluding hydrogens is 380 g/mol. The second kappa shape index (κ2) is 7.02. The molecule has 0 bridgehead atoms. The van der Waals surface area contributed by atoms with Gasteiger partial charge in [0.1, 0.15) is 18.0 Å². The average Bonchev–Trinajstić information content (AvgIpc) is 2.86. The monoisotopic (exact) mass is 412 g/mol. The summed E-state index contributed by atoms with van der Waals surface area (Å²) < 4.78 is 0. The fourth-order valence-electron chi connectivity index (χ4n) is 7.64. The van der Waals surface area contributed by atoms with E-state index in [4.69, 9.17) is 0 Å². The number of hydrogen-bond donors (Lipinski definition) is 3. The Morgan fingerprint density at radius 2 is 1.85 bits per heavy atom. The van der Waals surface area contributed by atoms with Crippen molar-refractivity contribution in [3.63, 3.8) is 0 Å². The van der Waals surface area contributed by atoms with Crippen LogP contribution in [0.15, 0.2) is 0 Å². The van der Waals surface area contributed by atoms with Crippen LogP contribution in [0.5, 0.6) is 0 Å². The second-order valence-electron chi connectivity index (χ2n) is 10.00. The molecule has 6 heteroatoms. The average molecular weight is 412 g/mol. The fraction of sp³-hybridized carbons (Fsp3) is 0.905. The molecule has 4 fully saturated rings. The molecule has 0 aliphatic heterocycles. The number of carbonyl (C=O) groups is 2. The molecule has 5 nitrogen and oxygen atoms in total. The summed E-state index contributed by atoms with van der Waals surface area (Å²) >= 11 is 0. The molecule has 4 aliphatic rings. The largest absolute Gasteiger partial charge is 0.393 e. The minimum atomic E-state index is -1.58. The third-order valence-corrected chi connectivity index (χ3v) is 9.08. The molecule has 0 aromatic rings. The zero-order chi connectivity index (χ0) is 18.9. The summed E-state index contributed by atoms with van der Waals surface area (Å²) in [7, 11) is 0. The van der Waals surface area contributed by atoms with Crippen LogP contribution in [0, 0.1) is 34.5 Å². The Hall–Kier alpha value is -0.0657. The maximum absolute atomic E-state index is 13.4. The smallest absolute Gasteiger partial charge is 0.190 e. The number of ketones is 2. The first-order valence-electron chi connectivity index (χ1n) is 10.2. The Balaban J connectivity index is 0.00000210. The molecule has 0 saturated heterocycles. The van der Waals surface area contributed by atoms with Crippen LogP contribution in [0.2, 0.25) is 0 Å². The molecule has 0 heterocycles. The van der Waals surface area contributed by atoms with Crippen LogP contribution in [0.25, 0.3) is 0 Å². The van der Waals surface area contributed by atoms with E-state index in [1.165, 1.54) is 0 Å². The van der Waals surface area contributed by atoms with Gasteiger partial charge in [-0.1, -0.05) is 13.8 Å². The molecule has 4 rings (SSSR count). The van der Waals surface area contributed by atoms with Crippen LogP contribution < -0.4 is 0 Å². The number of hydrogen-bond acceptors (Lipinski definition) is 5. The number of aliphatic hydroxyl groups is 3. The van der Waals surface area contributed by atoms with Gasteiger partial charge in [-0.3, -0.25) is 9.59 Å². The number of rotatable bonds is 2. The molecule has 150 valence electrons. The van der Waals surface area contributed by atoms with Gasteiger partial charge in [-0.25, -0.2) is 0 Å². The first kappa shape index (κ1) is 21.6. The molecule has 8 atom stereocenters. The molecule has 0 spiro atoms. The summed E-state index contributed by atoms with van der Waals surface area (Å²) in [6.45, 7) is 3.46. The van der Waals surface area contributed by atoms with E-state index >= 15 is 0 Å². The van der Waals surface area contributed by atoms with Crippen molar-refractivity contribution in [3.05, 3.63) is 0 Å². The van der Waals surface area contributed by atoms with Gasteiger partial charge in [0.2, 0.25) is 0 Å². The molecule has 0 aromatic heterocycles. The van der Waals surface area contributed by atoms with Crippen LogP contribution >= 0.6 is 0 Å². The van der Waals surface area contributed by atoms with Gasteiger partial charge < -0.3 is 15.3 Å². The Morgan fingerprint density at radius 3 is 2.52 bits per heavy atom. The summed E-state index contributed by atoms with van der Waals surface area (Å²) in [6, 6.07) is 0. The van der Waals surface area contributed by atoms with Crippen molar-refractivity contribution in [1.82, 2.24) is 0 Å². The van der Waals surface area contributed by atoms with Crippen LogP contribution in [0.1, 0.15) is 65.2 Å². The van der Waals surface area contributed by atoms with E-state index in [1.54, 1.807) is 0 Å². The van der Waals surface area contributed by atoms with Crippen LogP contribution in [-0.4, -0.2) is 45.2 Å². The zero-order valence-electron chi connectivity index (χ0n) is 16.4. The molecular formula is C21H32O5Ti. The molecule has 0 amide bonds. The van der Waals surface area contributed by atoms with Crippen molar-refractivity contribution in [2.45, 2.75) is 76.9 Å². The number of aliphatic hydroxyl groups excluding tert-OH is 2. The standard InChI is InChI=1S/C21H32O5.Ti/c1-19-7-5-13(23)9-12(19)3-4-14-15-6-8-21(26,17(25)11-22)20(15,2)10-16(24)18(14)19;/h12-15,18,22-23,26H,3-11H2,1-2H3;/t12-,13-,14+,15+,18-,19+,20+,21+;/m1./s1. The normalized spacial score (nSPS) is 51.6. The van der Waals surface area contributed by atoms with E-state index in [9.17, 15) is 24.9 Å².